The first-order valence-corrected chi connectivity index (χ1v) is 6.35. The van der Waals surface area contributed by atoms with E-state index in [1.165, 1.54) is 5.56 Å². The molecule has 0 spiro atoms. The van der Waals surface area contributed by atoms with Gasteiger partial charge >= 0.3 is 0 Å². The molecule has 1 fully saturated rings. The van der Waals surface area contributed by atoms with Crippen LogP contribution < -0.4 is 10.6 Å². The fraction of sp³-hybridized carbons (Fsp3) is 0.462. The second-order valence-corrected chi connectivity index (χ2v) is 4.84. The summed E-state index contributed by atoms with van der Waals surface area (Å²) < 4.78 is 0. The standard InChI is InChI=1S/C13H17ClN2O/c1-2-12-13(17)16-11(8-15-12)7-9-3-5-10(14)6-4-9/h3-6,11-12,15H,2,7-8H2,1H3,(H,16,17)/t11-,12-/m0/s1. The maximum Gasteiger partial charge on any atom is 0.237 e. The highest BCUT2D eigenvalue weighted by Gasteiger charge is 2.25. The third kappa shape index (κ3) is 3.20. The van der Waals surface area contributed by atoms with Crippen LogP contribution in [0.5, 0.6) is 0 Å². The van der Waals surface area contributed by atoms with Gasteiger partial charge in [-0.2, -0.15) is 0 Å². The van der Waals surface area contributed by atoms with Gasteiger partial charge in [0.05, 0.1) is 6.04 Å². The lowest BCUT2D eigenvalue weighted by atomic mass is 10.0. The van der Waals surface area contributed by atoms with Gasteiger partial charge in [0.25, 0.3) is 0 Å². The van der Waals surface area contributed by atoms with Crippen molar-refractivity contribution < 1.29 is 4.79 Å². The fourth-order valence-electron chi connectivity index (χ4n) is 2.09. The predicted octanol–water partition coefficient (Wildman–Crippen LogP) is 1.75. The van der Waals surface area contributed by atoms with Crippen LogP contribution in [0.2, 0.25) is 5.02 Å². The fourth-order valence-corrected chi connectivity index (χ4v) is 2.21. The Morgan fingerprint density at radius 3 is 2.65 bits per heavy atom. The molecule has 1 saturated heterocycles. The van der Waals surface area contributed by atoms with Crippen LogP contribution >= 0.6 is 11.6 Å². The van der Waals surface area contributed by atoms with E-state index < -0.39 is 0 Å². The Morgan fingerprint density at radius 1 is 1.35 bits per heavy atom. The zero-order valence-corrected chi connectivity index (χ0v) is 10.6. The number of carbonyl (C=O) groups is 1. The molecule has 0 radical (unpaired) electrons. The largest absolute Gasteiger partial charge is 0.350 e. The Morgan fingerprint density at radius 2 is 2.06 bits per heavy atom. The van der Waals surface area contributed by atoms with E-state index in [0.29, 0.717) is 0 Å². The van der Waals surface area contributed by atoms with Crippen molar-refractivity contribution in [1.82, 2.24) is 10.6 Å². The number of amides is 1. The first kappa shape index (κ1) is 12.4. The molecule has 1 aliphatic rings. The number of hydrogen-bond donors (Lipinski definition) is 2. The molecule has 0 aromatic heterocycles. The van der Waals surface area contributed by atoms with Crippen molar-refractivity contribution in [2.45, 2.75) is 31.8 Å². The van der Waals surface area contributed by atoms with E-state index in [2.05, 4.69) is 10.6 Å². The summed E-state index contributed by atoms with van der Waals surface area (Å²) in [4.78, 5) is 11.7. The van der Waals surface area contributed by atoms with Gasteiger partial charge in [-0.1, -0.05) is 30.7 Å². The molecule has 1 aromatic rings. The topological polar surface area (TPSA) is 41.1 Å². The van der Waals surface area contributed by atoms with Gasteiger partial charge in [-0.05, 0) is 30.5 Å². The van der Waals surface area contributed by atoms with Crippen LogP contribution in [0.3, 0.4) is 0 Å². The molecule has 1 heterocycles. The zero-order valence-electron chi connectivity index (χ0n) is 9.87. The number of nitrogens with one attached hydrogen (secondary N) is 2. The van der Waals surface area contributed by atoms with Crippen molar-refractivity contribution in [3.8, 4) is 0 Å². The number of piperazine rings is 1. The molecular formula is C13H17ClN2O. The van der Waals surface area contributed by atoms with Crippen molar-refractivity contribution >= 4 is 17.5 Å². The van der Waals surface area contributed by atoms with Crippen molar-refractivity contribution in [2.24, 2.45) is 0 Å². The SMILES string of the molecule is CC[C@@H]1NC[C@H](Cc2ccc(Cl)cc2)NC1=O. The molecule has 3 nitrogen and oxygen atoms in total. The zero-order chi connectivity index (χ0) is 12.3. The minimum Gasteiger partial charge on any atom is -0.350 e. The minimum absolute atomic E-state index is 0.0310. The molecule has 0 bridgehead atoms. The molecule has 0 unspecified atom stereocenters. The smallest absolute Gasteiger partial charge is 0.237 e. The summed E-state index contributed by atoms with van der Waals surface area (Å²) in [5, 5.41) is 7.05. The summed E-state index contributed by atoms with van der Waals surface area (Å²) >= 11 is 5.83. The molecule has 2 atom stereocenters. The van der Waals surface area contributed by atoms with E-state index in [-0.39, 0.29) is 18.0 Å². The highest BCUT2D eigenvalue weighted by molar-refractivity contribution is 6.30. The van der Waals surface area contributed by atoms with E-state index in [0.717, 1.165) is 24.4 Å². The van der Waals surface area contributed by atoms with E-state index in [4.69, 9.17) is 11.6 Å². The van der Waals surface area contributed by atoms with Crippen molar-refractivity contribution in [3.05, 3.63) is 34.9 Å². The predicted molar refractivity (Wildman–Crippen MR) is 69.2 cm³/mol. The monoisotopic (exact) mass is 252 g/mol. The minimum atomic E-state index is -0.0310. The molecule has 92 valence electrons. The van der Waals surface area contributed by atoms with Gasteiger partial charge in [0.2, 0.25) is 5.91 Å². The molecule has 1 amide bonds. The van der Waals surface area contributed by atoms with Crippen LogP contribution in [-0.2, 0) is 11.2 Å². The number of hydrogen-bond acceptors (Lipinski definition) is 2. The summed E-state index contributed by atoms with van der Waals surface area (Å²) in [5.74, 6) is 0.109. The highest BCUT2D eigenvalue weighted by Crippen LogP contribution is 2.12. The van der Waals surface area contributed by atoms with Gasteiger partial charge < -0.3 is 10.6 Å². The normalized spacial score (nSPS) is 24.5. The average molecular weight is 253 g/mol. The molecule has 2 rings (SSSR count). The number of rotatable bonds is 3. The van der Waals surface area contributed by atoms with E-state index in [1.807, 2.05) is 31.2 Å². The number of benzene rings is 1. The first-order chi connectivity index (χ1) is 8.19. The Bertz CT molecular complexity index is 391. The van der Waals surface area contributed by atoms with Gasteiger partial charge in [-0.3, -0.25) is 4.79 Å². The molecule has 4 heteroatoms. The molecule has 1 aliphatic heterocycles. The summed E-state index contributed by atoms with van der Waals surface area (Å²) in [7, 11) is 0. The van der Waals surface area contributed by atoms with Crippen LogP contribution in [-0.4, -0.2) is 24.5 Å². The van der Waals surface area contributed by atoms with Crippen LogP contribution in [0, 0.1) is 0 Å². The highest BCUT2D eigenvalue weighted by atomic mass is 35.5. The van der Waals surface area contributed by atoms with Crippen molar-refractivity contribution in [1.29, 1.82) is 0 Å². The quantitative estimate of drug-likeness (QED) is 0.861. The van der Waals surface area contributed by atoms with E-state index in [9.17, 15) is 4.79 Å². The van der Waals surface area contributed by atoms with E-state index >= 15 is 0 Å². The van der Waals surface area contributed by atoms with Crippen LogP contribution in [0.4, 0.5) is 0 Å². The Labute approximate surface area is 107 Å². The lowest BCUT2D eigenvalue weighted by Gasteiger charge is -2.30. The molecule has 0 saturated carbocycles. The molecule has 0 aliphatic carbocycles. The summed E-state index contributed by atoms with van der Waals surface area (Å²) in [6.07, 6.45) is 1.67. The van der Waals surface area contributed by atoms with Crippen LogP contribution in [0.1, 0.15) is 18.9 Å². The first-order valence-electron chi connectivity index (χ1n) is 5.97. The van der Waals surface area contributed by atoms with Gasteiger partial charge in [0, 0.05) is 17.6 Å². The van der Waals surface area contributed by atoms with Crippen molar-refractivity contribution in [2.75, 3.05) is 6.54 Å². The van der Waals surface area contributed by atoms with Crippen molar-refractivity contribution in [3.63, 3.8) is 0 Å². The second-order valence-electron chi connectivity index (χ2n) is 4.41. The Hall–Kier alpha value is -1.06. The van der Waals surface area contributed by atoms with Crippen LogP contribution in [0.15, 0.2) is 24.3 Å². The Kier molecular flexibility index (Phi) is 4.02. The van der Waals surface area contributed by atoms with Gasteiger partial charge in [-0.15, -0.1) is 0 Å². The maximum atomic E-state index is 11.7. The summed E-state index contributed by atoms with van der Waals surface area (Å²) in [6, 6.07) is 7.90. The third-order valence-electron chi connectivity index (χ3n) is 3.08. The Balaban J connectivity index is 1.92. The molecule has 2 N–H and O–H groups in total. The number of carbonyl (C=O) groups excluding carboxylic acids is 1. The van der Waals surface area contributed by atoms with Gasteiger partial charge in [0.15, 0.2) is 0 Å². The van der Waals surface area contributed by atoms with Crippen LogP contribution in [0.25, 0.3) is 0 Å². The third-order valence-corrected chi connectivity index (χ3v) is 3.33. The average Bonchev–Trinajstić information content (AvgIpc) is 2.32. The van der Waals surface area contributed by atoms with E-state index in [1.54, 1.807) is 0 Å². The molecular weight excluding hydrogens is 236 g/mol. The maximum absolute atomic E-state index is 11.7. The van der Waals surface area contributed by atoms with Gasteiger partial charge in [-0.25, -0.2) is 0 Å². The summed E-state index contributed by atoms with van der Waals surface area (Å²) in [6.45, 7) is 2.84. The molecule has 1 aromatic carbocycles. The lowest BCUT2D eigenvalue weighted by Crippen LogP contribution is -2.58. The van der Waals surface area contributed by atoms with Gasteiger partial charge in [0.1, 0.15) is 0 Å². The second kappa shape index (κ2) is 5.52. The molecule has 17 heavy (non-hydrogen) atoms. The number of halogens is 1. The lowest BCUT2D eigenvalue weighted by molar-refractivity contribution is -0.125. The summed E-state index contributed by atoms with van der Waals surface area (Å²) in [5.41, 5.74) is 1.19.